The summed E-state index contributed by atoms with van der Waals surface area (Å²) >= 11 is 0. The summed E-state index contributed by atoms with van der Waals surface area (Å²) in [6.07, 6.45) is -0.167. The molecule has 2 heteroatoms. The van der Waals surface area contributed by atoms with Gasteiger partial charge in [-0.25, -0.2) is 0 Å². The Morgan fingerprint density at radius 2 is 1.50 bits per heavy atom. The van der Waals surface area contributed by atoms with Crippen molar-refractivity contribution < 1.29 is 23.7 Å². The molecule has 0 saturated carbocycles. The van der Waals surface area contributed by atoms with Gasteiger partial charge in [0.25, 0.3) is 0 Å². The minimum absolute atomic E-state index is 0. The SMILES string of the molecule is CC(C)O.[CH2-]c1ccccc1.[V]. The number of hydrogen-bond acceptors (Lipinski definition) is 1. The Morgan fingerprint density at radius 3 is 1.67 bits per heavy atom. The molecule has 0 aromatic heterocycles. The quantitative estimate of drug-likeness (QED) is 0.640. The zero-order chi connectivity index (χ0) is 8.69. The first kappa shape index (κ1) is 14.2. The summed E-state index contributed by atoms with van der Waals surface area (Å²) in [5.74, 6) is 0. The monoisotopic (exact) mass is 202 g/mol. The van der Waals surface area contributed by atoms with Crippen molar-refractivity contribution in [1.82, 2.24) is 0 Å². The topological polar surface area (TPSA) is 20.2 Å². The van der Waals surface area contributed by atoms with Gasteiger partial charge in [0, 0.05) is 24.7 Å². The molecule has 0 spiro atoms. The van der Waals surface area contributed by atoms with Gasteiger partial charge in [0.15, 0.2) is 0 Å². The smallest absolute Gasteiger partial charge is 0.0483 e. The summed E-state index contributed by atoms with van der Waals surface area (Å²) in [5, 5.41) is 8.06. The Bertz CT molecular complexity index is 170. The summed E-state index contributed by atoms with van der Waals surface area (Å²) in [6, 6.07) is 9.87. The van der Waals surface area contributed by atoms with Gasteiger partial charge in [-0.1, -0.05) is 6.07 Å². The Balaban J connectivity index is 0. The number of rotatable bonds is 0. The third-order valence-corrected chi connectivity index (χ3v) is 0.843. The van der Waals surface area contributed by atoms with E-state index in [1.165, 1.54) is 0 Å². The predicted octanol–water partition coefficient (Wildman–Crippen LogP) is 2.25. The molecule has 0 aliphatic heterocycles. The van der Waals surface area contributed by atoms with Gasteiger partial charge >= 0.3 is 0 Å². The molecule has 1 aromatic rings. The summed E-state index contributed by atoms with van der Waals surface area (Å²) in [4.78, 5) is 0. The van der Waals surface area contributed by atoms with E-state index in [-0.39, 0.29) is 24.7 Å². The summed E-state index contributed by atoms with van der Waals surface area (Å²) in [6.45, 7) is 7.16. The van der Waals surface area contributed by atoms with E-state index in [1.54, 1.807) is 13.8 Å². The largest absolute Gasteiger partial charge is 0.394 e. The molecular formula is C10H15OV-. The van der Waals surface area contributed by atoms with Crippen molar-refractivity contribution in [2.75, 3.05) is 0 Å². The molecular weight excluding hydrogens is 187 g/mol. The van der Waals surface area contributed by atoms with Gasteiger partial charge in [-0.15, -0.1) is 12.1 Å². The van der Waals surface area contributed by atoms with Gasteiger partial charge in [-0.05, 0) is 13.8 Å². The molecule has 0 aliphatic rings. The van der Waals surface area contributed by atoms with Crippen LogP contribution in [0.3, 0.4) is 0 Å². The van der Waals surface area contributed by atoms with Crippen molar-refractivity contribution >= 4 is 0 Å². The normalized spacial score (nSPS) is 8.00. The molecule has 0 saturated heterocycles. The maximum absolute atomic E-state index is 8.06. The molecule has 1 N–H and O–H groups in total. The van der Waals surface area contributed by atoms with Crippen LogP contribution >= 0.6 is 0 Å². The van der Waals surface area contributed by atoms with Gasteiger partial charge in [0.05, 0.1) is 0 Å². The second kappa shape index (κ2) is 8.73. The van der Waals surface area contributed by atoms with E-state index in [2.05, 4.69) is 6.92 Å². The zero-order valence-corrected chi connectivity index (χ0v) is 8.96. The molecule has 0 unspecified atom stereocenters. The third-order valence-electron chi connectivity index (χ3n) is 0.843. The van der Waals surface area contributed by atoms with E-state index in [9.17, 15) is 0 Å². The maximum Gasteiger partial charge on any atom is 0.0483 e. The molecule has 1 rings (SSSR count). The average molecular weight is 202 g/mol. The molecule has 1 aromatic carbocycles. The van der Waals surface area contributed by atoms with Crippen LogP contribution in [0.5, 0.6) is 0 Å². The Morgan fingerprint density at radius 1 is 1.17 bits per heavy atom. The Kier molecular flexibility index (Phi) is 10.3. The van der Waals surface area contributed by atoms with Crippen LogP contribution in [0.2, 0.25) is 0 Å². The molecule has 1 radical (unpaired) electrons. The van der Waals surface area contributed by atoms with Crippen LogP contribution in [0, 0.1) is 6.92 Å². The molecule has 0 aliphatic carbocycles. The first-order valence-corrected chi connectivity index (χ1v) is 3.68. The van der Waals surface area contributed by atoms with Gasteiger partial charge in [-0.3, -0.25) is 0 Å². The first-order chi connectivity index (χ1) is 5.13. The Labute approximate surface area is 86.7 Å². The summed E-state index contributed by atoms with van der Waals surface area (Å²) < 4.78 is 0. The zero-order valence-electron chi connectivity index (χ0n) is 7.57. The fourth-order valence-corrected chi connectivity index (χ4v) is 0.478. The molecule has 0 bridgehead atoms. The minimum Gasteiger partial charge on any atom is -0.394 e. The second-order valence-corrected chi connectivity index (χ2v) is 2.58. The van der Waals surface area contributed by atoms with Crippen LogP contribution in [-0.4, -0.2) is 11.2 Å². The van der Waals surface area contributed by atoms with Gasteiger partial charge in [0.1, 0.15) is 0 Å². The van der Waals surface area contributed by atoms with Crippen LogP contribution in [-0.2, 0) is 18.6 Å². The van der Waals surface area contributed by atoms with Gasteiger partial charge in [0.2, 0.25) is 0 Å². The van der Waals surface area contributed by atoms with E-state index in [0.717, 1.165) is 5.56 Å². The van der Waals surface area contributed by atoms with E-state index in [1.807, 2.05) is 30.3 Å². The Hall–Kier alpha value is -0.366. The van der Waals surface area contributed by atoms with Crippen LogP contribution in [0.4, 0.5) is 0 Å². The number of aliphatic hydroxyl groups excluding tert-OH is 1. The molecule has 0 fully saturated rings. The minimum atomic E-state index is -0.167. The third kappa shape index (κ3) is 12.3. The van der Waals surface area contributed by atoms with Gasteiger partial charge < -0.3 is 5.11 Å². The van der Waals surface area contributed by atoms with Crippen molar-refractivity contribution in [3.63, 3.8) is 0 Å². The average Bonchev–Trinajstić information content (AvgIpc) is 1.87. The fourth-order valence-electron chi connectivity index (χ4n) is 0.478. The first-order valence-electron chi connectivity index (χ1n) is 3.68. The van der Waals surface area contributed by atoms with E-state index >= 15 is 0 Å². The van der Waals surface area contributed by atoms with Crippen molar-refractivity contribution in [2.24, 2.45) is 0 Å². The van der Waals surface area contributed by atoms with Crippen molar-refractivity contribution in [2.45, 2.75) is 20.0 Å². The second-order valence-electron chi connectivity index (χ2n) is 2.58. The fraction of sp³-hybridized carbons (Fsp3) is 0.300. The maximum atomic E-state index is 8.06. The van der Waals surface area contributed by atoms with Crippen molar-refractivity contribution in [1.29, 1.82) is 0 Å². The van der Waals surface area contributed by atoms with Crippen molar-refractivity contribution in [3.05, 3.63) is 42.8 Å². The van der Waals surface area contributed by atoms with E-state index in [4.69, 9.17) is 5.11 Å². The number of benzene rings is 1. The van der Waals surface area contributed by atoms with Crippen LogP contribution in [0.1, 0.15) is 19.4 Å². The number of hydrogen-bond donors (Lipinski definition) is 1. The number of aliphatic hydroxyl groups is 1. The van der Waals surface area contributed by atoms with Crippen molar-refractivity contribution in [3.8, 4) is 0 Å². The van der Waals surface area contributed by atoms with Crippen LogP contribution in [0.15, 0.2) is 30.3 Å². The molecule has 12 heavy (non-hydrogen) atoms. The van der Waals surface area contributed by atoms with Gasteiger partial charge in [-0.2, -0.15) is 24.6 Å². The van der Waals surface area contributed by atoms with E-state index in [0.29, 0.717) is 0 Å². The predicted molar refractivity (Wildman–Crippen MR) is 48.3 cm³/mol. The van der Waals surface area contributed by atoms with Crippen LogP contribution in [0.25, 0.3) is 0 Å². The molecule has 67 valence electrons. The standard InChI is InChI=1S/C7H7.C3H8O.V/c1-7-5-3-2-4-6-7;1-3(2)4;/h2-6H,1H2;3-4H,1-2H3;/q-1;;. The molecule has 1 nitrogen and oxygen atoms in total. The summed E-state index contributed by atoms with van der Waals surface area (Å²) in [5.41, 5.74) is 1.07. The van der Waals surface area contributed by atoms with Crippen LogP contribution < -0.4 is 0 Å². The molecule has 0 atom stereocenters. The molecule has 0 amide bonds. The molecule has 0 heterocycles. The summed E-state index contributed by atoms with van der Waals surface area (Å²) in [7, 11) is 0. The van der Waals surface area contributed by atoms with E-state index < -0.39 is 0 Å².